The van der Waals surface area contributed by atoms with Gasteiger partial charge in [-0.1, -0.05) is 6.92 Å². The molecule has 0 aromatic carbocycles. The predicted octanol–water partition coefficient (Wildman–Crippen LogP) is 1.83. The number of sulfonamides is 1. The number of nitrogens with zero attached hydrogens (tertiary/aromatic N) is 1. The predicted molar refractivity (Wildman–Crippen MR) is 85.1 cm³/mol. The van der Waals surface area contributed by atoms with Crippen molar-refractivity contribution in [2.24, 2.45) is 5.73 Å². The van der Waals surface area contributed by atoms with Crippen molar-refractivity contribution in [2.45, 2.75) is 42.9 Å². The third-order valence-electron chi connectivity index (χ3n) is 3.52. The van der Waals surface area contributed by atoms with Gasteiger partial charge >= 0.3 is 0 Å². The van der Waals surface area contributed by atoms with Crippen LogP contribution in [-0.4, -0.2) is 45.1 Å². The topological polar surface area (TPSA) is 72.6 Å². The molecule has 1 aromatic rings. The minimum atomic E-state index is -3.39. The van der Waals surface area contributed by atoms with Gasteiger partial charge in [0.25, 0.3) is 10.0 Å². The Morgan fingerprint density at radius 1 is 1.48 bits per heavy atom. The Labute approximate surface area is 131 Å². The van der Waals surface area contributed by atoms with Gasteiger partial charge in [-0.15, -0.1) is 11.3 Å². The quantitative estimate of drug-likeness (QED) is 0.827. The minimum absolute atomic E-state index is 0.0250. The average molecular weight is 332 g/mol. The third kappa shape index (κ3) is 4.26. The molecule has 1 aliphatic heterocycles. The molecule has 1 fully saturated rings. The highest BCUT2D eigenvalue weighted by molar-refractivity contribution is 7.91. The lowest BCUT2D eigenvalue weighted by atomic mass is 10.1. The zero-order valence-corrected chi connectivity index (χ0v) is 14.1. The third-order valence-corrected chi connectivity index (χ3v) is 7.00. The van der Waals surface area contributed by atoms with E-state index in [1.807, 2.05) is 6.07 Å². The van der Waals surface area contributed by atoms with E-state index in [2.05, 4.69) is 6.92 Å². The lowest BCUT2D eigenvalue weighted by Gasteiger charge is -2.31. The summed E-state index contributed by atoms with van der Waals surface area (Å²) in [6, 6.07) is 3.56. The van der Waals surface area contributed by atoms with Gasteiger partial charge in [0.05, 0.1) is 6.10 Å². The second-order valence-corrected chi connectivity index (χ2v) is 8.59. The first-order valence-electron chi connectivity index (χ1n) is 7.48. The molecule has 1 saturated heterocycles. The molecule has 2 N–H and O–H groups in total. The van der Waals surface area contributed by atoms with Crippen LogP contribution in [0.25, 0.3) is 0 Å². The highest BCUT2D eigenvalue weighted by Gasteiger charge is 2.31. The van der Waals surface area contributed by atoms with Gasteiger partial charge < -0.3 is 10.5 Å². The molecule has 0 radical (unpaired) electrons. The van der Waals surface area contributed by atoms with Crippen molar-refractivity contribution in [2.75, 3.05) is 26.2 Å². The van der Waals surface area contributed by atoms with Crippen molar-refractivity contribution >= 4 is 21.4 Å². The van der Waals surface area contributed by atoms with E-state index in [0.29, 0.717) is 30.5 Å². The fourth-order valence-corrected chi connectivity index (χ4v) is 5.48. The molecule has 5 nitrogen and oxygen atoms in total. The van der Waals surface area contributed by atoms with E-state index in [9.17, 15) is 8.42 Å². The van der Waals surface area contributed by atoms with Crippen LogP contribution in [0, 0.1) is 0 Å². The molecular formula is C14H24N2O3S2. The second kappa shape index (κ2) is 7.69. The van der Waals surface area contributed by atoms with E-state index in [0.717, 1.165) is 30.6 Å². The summed E-state index contributed by atoms with van der Waals surface area (Å²) in [6.07, 6.45) is 3.50. The molecule has 1 unspecified atom stereocenters. The van der Waals surface area contributed by atoms with Crippen LogP contribution in [0.5, 0.6) is 0 Å². The molecule has 0 saturated carbocycles. The highest BCUT2D eigenvalue weighted by atomic mass is 32.2. The summed E-state index contributed by atoms with van der Waals surface area (Å²) in [6.45, 7) is 4.34. The van der Waals surface area contributed by atoms with E-state index in [-0.39, 0.29) is 6.10 Å². The number of nitrogens with two attached hydrogens (primary N) is 1. The summed E-state index contributed by atoms with van der Waals surface area (Å²) in [5, 5.41) is 0. The van der Waals surface area contributed by atoms with Gasteiger partial charge in [0.1, 0.15) is 4.21 Å². The first kappa shape index (κ1) is 16.9. The van der Waals surface area contributed by atoms with Gasteiger partial charge in [-0.2, -0.15) is 4.31 Å². The van der Waals surface area contributed by atoms with E-state index >= 15 is 0 Å². The van der Waals surface area contributed by atoms with E-state index in [4.69, 9.17) is 10.5 Å². The standard InChI is InChI=1S/C14H24N2O3S2/c1-2-10-19-12-4-3-9-16(11-12)21(17,18)14-6-5-13(20-14)7-8-15/h5-6,12H,2-4,7-11,15H2,1H3. The van der Waals surface area contributed by atoms with Crippen LogP contribution in [0.15, 0.2) is 16.3 Å². The summed E-state index contributed by atoms with van der Waals surface area (Å²) >= 11 is 1.33. The zero-order chi connectivity index (χ0) is 15.3. The summed E-state index contributed by atoms with van der Waals surface area (Å²) in [7, 11) is -3.39. The number of ether oxygens (including phenoxy) is 1. The summed E-state index contributed by atoms with van der Waals surface area (Å²) < 4.78 is 33.0. The van der Waals surface area contributed by atoms with Crippen LogP contribution in [0.4, 0.5) is 0 Å². The maximum Gasteiger partial charge on any atom is 0.252 e. The molecular weight excluding hydrogens is 308 g/mol. The van der Waals surface area contributed by atoms with Crippen LogP contribution in [0.2, 0.25) is 0 Å². The molecule has 0 bridgehead atoms. The van der Waals surface area contributed by atoms with Crippen molar-refractivity contribution in [1.82, 2.24) is 4.31 Å². The fraction of sp³-hybridized carbons (Fsp3) is 0.714. The molecule has 2 rings (SSSR count). The van der Waals surface area contributed by atoms with Gasteiger partial charge in [-0.3, -0.25) is 0 Å². The Hall–Kier alpha value is -0.470. The van der Waals surface area contributed by atoms with E-state index in [1.54, 1.807) is 10.4 Å². The molecule has 21 heavy (non-hydrogen) atoms. The number of hydrogen-bond donors (Lipinski definition) is 1. The summed E-state index contributed by atoms with van der Waals surface area (Å²) in [5.74, 6) is 0. The van der Waals surface area contributed by atoms with Gasteiger partial charge in [-0.25, -0.2) is 8.42 Å². The maximum atomic E-state index is 12.7. The molecule has 0 spiro atoms. The normalized spacial score (nSPS) is 20.8. The Kier molecular flexibility index (Phi) is 6.19. The molecule has 120 valence electrons. The lowest BCUT2D eigenvalue weighted by molar-refractivity contribution is 0.0194. The van der Waals surface area contributed by atoms with Gasteiger partial charge in [0.15, 0.2) is 0 Å². The van der Waals surface area contributed by atoms with Gasteiger partial charge in [0, 0.05) is 24.6 Å². The highest BCUT2D eigenvalue weighted by Crippen LogP contribution is 2.27. The average Bonchev–Trinajstić information content (AvgIpc) is 2.95. The van der Waals surface area contributed by atoms with Crippen LogP contribution in [0.3, 0.4) is 0 Å². The zero-order valence-electron chi connectivity index (χ0n) is 12.5. The largest absolute Gasteiger partial charge is 0.377 e. The fourth-order valence-electron chi connectivity index (χ4n) is 2.44. The Balaban J connectivity index is 2.06. The second-order valence-electron chi connectivity index (χ2n) is 5.26. The number of rotatable bonds is 7. The Morgan fingerprint density at radius 2 is 2.29 bits per heavy atom. The van der Waals surface area contributed by atoms with Crippen LogP contribution >= 0.6 is 11.3 Å². The Morgan fingerprint density at radius 3 is 3.00 bits per heavy atom. The van der Waals surface area contributed by atoms with Crippen LogP contribution in [0.1, 0.15) is 31.1 Å². The maximum absolute atomic E-state index is 12.7. The number of piperidine rings is 1. The Bertz CT molecular complexity index is 542. The lowest BCUT2D eigenvalue weighted by Crippen LogP contribution is -2.43. The SMILES string of the molecule is CCCOC1CCCN(S(=O)(=O)c2ccc(CCN)s2)C1. The van der Waals surface area contributed by atoms with Gasteiger partial charge in [0.2, 0.25) is 0 Å². The van der Waals surface area contributed by atoms with Crippen molar-refractivity contribution in [3.63, 3.8) is 0 Å². The molecule has 1 aromatic heterocycles. The first-order valence-corrected chi connectivity index (χ1v) is 9.74. The number of hydrogen-bond acceptors (Lipinski definition) is 5. The first-order chi connectivity index (χ1) is 10.1. The molecule has 2 heterocycles. The molecule has 7 heteroatoms. The van der Waals surface area contributed by atoms with Crippen LogP contribution < -0.4 is 5.73 Å². The van der Waals surface area contributed by atoms with Crippen molar-refractivity contribution < 1.29 is 13.2 Å². The minimum Gasteiger partial charge on any atom is -0.377 e. The van der Waals surface area contributed by atoms with Crippen molar-refractivity contribution in [3.8, 4) is 0 Å². The molecule has 1 atom stereocenters. The summed E-state index contributed by atoms with van der Waals surface area (Å²) in [4.78, 5) is 1.02. The van der Waals surface area contributed by atoms with Crippen LogP contribution in [-0.2, 0) is 21.2 Å². The molecule has 1 aliphatic rings. The van der Waals surface area contributed by atoms with Gasteiger partial charge in [-0.05, 0) is 44.4 Å². The summed E-state index contributed by atoms with van der Waals surface area (Å²) in [5.41, 5.74) is 5.52. The van der Waals surface area contributed by atoms with E-state index in [1.165, 1.54) is 11.3 Å². The molecule has 0 aliphatic carbocycles. The monoisotopic (exact) mass is 332 g/mol. The van der Waals surface area contributed by atoms with Crippen molar-refractivity contribution in [3.05, 3.63) is 17.0 Å². The number of thiophene rings is 1. The molecule has 0 amide bonds. The van der Waals surface area contributed by atoms with E-state index < -0.39 is 10.0 Å². The smallest absolute Gasteiger partial charge is 0.252 e. The van der Waals surface area contributed by atoms with Crippen molar-refractivity contribution in [1.29, 1.82) is 0 Å².